The largest absolute Gasteiger partial charge is 0.0651 e. The molecule has 0 N–H and O–H groups in total. The maximum absolute atomic E-state index is 2.54. The molecular formula is C17H32. The van der Waals surface area contributed by atoms with Crippen LogP contribution >= 0.6 is 0 Å². The van der Waals surface area contributed by atoms with E-state index >= 15 is 0 Å². The van der Waals surface area contributed by atoms with Crippen LogP contribution in [0, 0.1) is 41.4 Å². The molecule has 0 aromatic rings. The van der Waals surface area contributed by atoms with Crippen LogP contribution in [0.1, 0.15) is 66.7 Å². The fraction of sp³-hybridized carbons (Fsp3) is 1.00. The topological polar surface area (TPSA) is 0 Å². The van der Waals surface area contributed by atoms with E-state index in [2.05, 4.69) is 34.6 Å². The smallest absolute Gasteiger partial charge is 0.0355 e. The summed E-state index contributed by atoms with van der Waals surface area (Å²) in [5.41, 5.74) is 0. The molecule has 100 valence electrons. The minimum Gasteiger partial charge on any atom is -0.0651 e. The monoisotopic (exact) mass is 236 g/mol. The lowest BCUT2D eigenvalue weighted by molar-refractivity contribution is -0.00629. The van der Waals surface area contributed by atoms with Crippen LogP contribution in [0.3, 0.4) is 0 Å². The van der Waals surface area contributed by atoms with Crippen molar-refractivity contribution in [2.75, 3.05) is 0 Å². The minimum absolute atomic E-state index is 0.984. The summed E-state index contributed by atoms with van der Waals surface area (Å²) in [4.78, 5) is 0. The van der Waals surface area contributed by atoms with Crippen molar-refractivity contribution >= 4 is 0 Å². The van der Waals surface area contributed by atoms with Crippen LogP contribution in [-0.4, -0.2) is 0 Å². The summed E-state index contributed by atoms with van der Waals surface area (Å²) in [5, 5.41) is 0. The van der Waals surface area contributed by atoms with Gasteiger partial charge in [0.05, 0.1) is 0 Å². The predicted molar refractivity (Wildman–Crippen MR) is 75.9 cm³/mol. The molecule has 7 unspecified atom stereocenters. The Labute approximate surface area is 109 Å². The van der Waals surface area contributed by atoms with E-state index in [0.29, 0.717) is 0 Å². The fourth-order valence-electron chi connectivity index (χ4n) is 4.96. The first-order valence-corrected chi connectivity index (χ1v) is 8.08. The molecule has 0 saturated heterocycles. The van der Waals surface area contributed by atoms with E-state index in [4.69, 9.17) is 0 Å². The molecular weight excluding hydrogens is 204 g/mol. The van der Waals surface area contributed by atoms with E-state index in [1.54, 1.807) is 0 Å². The molecule has 0 heteroatoms. The molecule has 0 radical (unpaired) electrons. The van der Waals surface area contributed by atoms with Crippen LogP contribution in [0.15, 0.2) is 0 Å². The molecule has 2 aliphatic carbocycles. The van der Waals surface area contributed by atoms with Gasteiger partial charge in [-0.3, -0.25) is 0 Å². The molecule has 0 aromatic carbocycles. The molecule has 2 saturated carbocycles. The van der Waals surface area contributed by atoms with Crippen LogP contribution < -0.4 is 0 Å². The van der Waals surface area contributed by atoms with Crippen molar-refractivity contribution in [3.8, 4) is 0 Å². The average molecular weight is 236 g/mol. The summed E-state index contributed by atoms with van der Waals surface area (Å²) in [6.07, 6.45) is 7.37. The minimum atomic E-state index is 0.984. The van der Waals surface area contributed by atoms with Gasteiger partial charge in [0.1, 0.15) is 0 Å². The number of rotatable bonds is 5. The zero-order chi connectivity index (χ0) is 12.6. The van der Waals surface area contributed by atoms with Gasteiger partial charge in [-0.15, -0.1) is 0 Å². The molecule has 0 bridgehead atoms. The summed E-state index contributed by atoms with van der Waals surface area (Å²) in [7, 11) is 0. The molecule has 0 nitrogen and oxygen atoms in total. The second kappa shape index (κ2) is 5.33. The van der Waals surface area contributed by atoms with E-state index in [0.717, 1.165) is 41.4 Å². The highest BCUT2D eigenvalue weighted by Crippen LogP contribution is 2.52. The molecule has 0 amide bonds. The Morgan fingerprint density at radius 2 is 1.59 bits per heavy atom. The molecule has 0 aromatic heterocycles. The van der Waals surface area contributed by atoms with E-state index in [-0.39, 0.29) is 0 Å². The third-order valence-electron chi connectivity index (χ3n) is 6.31. The van der Waals surface area contributed by atoms with Crippen molar-refractivity contribution in [2.45, 2.75) is 66.7 Å². The first kappa shape index (κ1) is 13.4. The number of hydrogen-bond acceptors (Lipinski definition) is 0. The quantitative estimate of drug-likeness (QED) is 0.601. The Balaban J connectivity index is 1.83. The molecule has 2 fully saturated rings. The van der Waals surface area contributed by atoms with Gasteiger partial charge in [0.25, 0.3) is 0 Å². The molecule has 0 aliphatic heterocycles. The van der Waals surface area contributed by atoms with Crippen molar-refractivity contribution in [1.82, 2.24) is 0 Å². The maximum atomic E-state index is 2.54. The van der Waals surface area contributed by atoms with Gasteiger partial charge in [-0.2, -0.15) is 0 Å². The predicted octanol–water partition coefficient (Wildman–Crippen LogP) is 5.38. The molecule has 0 spiro atoms. The summed E-state index contributed by atoms with van der Waals surface area (Å²) >= 11 is 0. The van der Waals surface area contributed by atoms with Gasteiger partial charge in [-0.25, -0.2) is 0 Å². The highest BCUT2D eigenvalue weighted by atomic mass is 14.5. The van der Waals surface area contributed by atoms with Gasteiger partial charge in [0, 0.05) is 0 Å². The van der Waals surface area contributed by atoms with Gasteiger partial charge in [0.15, 0.2) is 0 Å². The van der Waals surface area contributed by atoms with Crippen LogP contribution in [0.5, 0.6) is 0 Å². The van der Waals surface area contributed by atoms with Crippen LogP contribution in [0.25, 0.3) is 0 Å². The lowest BCUT2D eigenvalue weighted by atomic mass is 9.55. The Morgan fingerprint density at radius 3 is 2.06 bits per heavy atom. The van der Waals surface area contributed by atoms with Crippen LogP contribution in [-0.2, 0) is 0 Å². The van der Waals surface area contributed by atoms with E-state index in [1.165, 1.54) is 32.1 Å². The number of hydrogen-bond donors (Lipinski definition) is 0. The second-order valence-corrected chi connectivity index (χ2v) is 7.21. The summed E-state index contributed by atoms with van der Waals surface area (Å²) in [5.74, 6) is 7.22. The van der Waals surface area contributed by atoms with Gasteiger partial charge in [-0.05, 0) is 60.7 Å². The van der Waals surface area contributed by atoms with E-state index in [1.807, 2.05) is 0 Å². The Bertz CT molecular complexity index is 244. The van der Waals surface area contributed by atoms with E-state index in [9.17, 15) is 0 Å². The van der Waals surface area contributed by atoms with Crippen LogP contribution in [0.2, 0.25) is 0 Å². The van der Waals surface area contributed by atoms with Gasteiger partial charge in [-0.1, -0.05) is 47.5 Å². The summed E-state index contributed by atoms with van der Waals surface area (Å²) in [6, 6.07) is 0. The Kier molecular flexibility index (Phi) is 4.21. The van der Waals surface area contributed by atoms with E-state index < -0.39 is 0 Å². The maximum Gasteiger partial charge on any atom is -0.0355 e. The highest BCUT2D eigenvalue weighted by Gasteiger charge is 2.43. The van der Waals surface area contributed by atoms with Crippen molar-refractivity contribution < 1.29 is 0 Å². The lowest BCUT2D eigenvalue weighted by Gasteiger charge is -2.50. The Hall–Kier alpha value is 0. The Morgan fingerprint density at radius 1 is 0.941 bits per heavy atom. The first-order valence-electron chi connectivity index (χ1n) is 8.08. The molecule has 17 heavy (non-hydrogen) atoms. The second-order valence-electron chi connectivity index (χ2n) is 7.21. The zero-order valence-corrected chi connectivity index (χ0v) is 12.6. The van der Waals surface area contributed by atoms with Crippen molar-refractivity contribution in [1.29, 1.82) is 0 Å². The highest BCUT2D eigenvalue weighted by molar-refractivity contribution is 4.93. The molecule has 2 rings (SSSR count). The van der Waals surface area contributed by atoms with Crippen molar-refractivity contribution in [3.05, 3.63) is 0 Å². The SMILES string of the molecule is CCC1CC(C)C1CC(C)C1CC(C)C1CC. The lowest BCUT2D eigenvalue weighted by Crippen LogP contribution is -2.42. The third kappa shape index (κ3) is 2.42. The van der Waals surface area contributed by atoms with Crippen molar-refractivity contribution in [3.63, 3.8) is 0 Å². The third-order valence-corrected chi connectivity index (χ3v) is 6.31. The molecule has 7 atom stereocenters. The average Bonchev–Trinajstić information content (AvgIpc) is 2.29. The normalized spacial score (nSPS) is 47.1. The van der Waals surface area contributed by atoms with Gasteiger partial charge >= 0.3 is 0 Å². The van der Waals surface area contributed by atoms with Gasteiger partial charge in [0.2, 0.25) is 0 Å². The zero-order valence-electron chi connectivity index (χ0n) is 12.6. The fourth-order valence-corrected chi connectivity index (χ4v) is 4.96. The first-order chi connectivity index (χ1) is 8.08. The summed E-state index contributed by atoms with van der Waals surface area (Å²) < 4.78 is 0. The van der Waals surface area contributed by atoms with Crippen LogP contribution in [0.4, 0.5) is 0 Å². The van der Waals surface area contributed by atoms with Crippen molar-refractivity contribution in [2.24, 2.45) is 41.4 Å². The summed E-state index contributed by atoms with van der Waals surface area (Å²) in [6.45, 7) is 12.2. The standard InChI is InChI=1S/C17H32/c1-6-14-8-11(3)16(14)9-13(5)17-10-12(4)15(17)7-2/h11-17H,6-10H2,1-5H3. The molecule has 0 heterocycles. The van der Waals surface area contributed by atoms with Gasteiger partial charge < -0.3 is 0 Å². The molecule has 2 aliphatic rings.